The average molecular weight is 244 g/mol. The van der Waals surface area contributed by atoms with E-state index in [4.69, 9.17) is 0 Å². The zero-order valence-corrected chi connectivity index (χ0v) is 10.3. The molecule has 18 heavy (non-hydrogen) atoms. The van der Waals surface area contributed by atoms with Crippen molar-refractivity contribution in [2.75, 3.05) is 26.7 Å². The van der Waals surface area contributed by atoms with Crippen LogP contribution in [0.2, 0.25) is 0 Å². The minimum atomic E-state index is 0.0850. The van der Waals surface area contributed by atoms with Crippen LogP contribution in [-0.4, -0.2) is 47.5 Å². The lowest BCUT2D eigenvalue weighted by atomic mass is 9.95. The van der Waals surface area contributed by atoms with Gasteiger partial charge in [0.1, 0.15) is 11.5 Å². The van der Waals surface area contributed by atoms with Crippen LogP contribution in [0.15, 0.2) is 28.8 Å². The first-order chi connectivity index (χ1) is 8.65. The fourth-order valence-electron chi connectivity index (χ4n) is 2.62. The number of piperidine rings is 1. The summed E-state index contributed by atoms with van der Waals surface area (Å²) in [6.07, 6.45) is 0.980. The maximum Gasteiger partial charge on any atom is 0.126 e. The smallest absolute Gasteiger partial charge is 0.126 e. The third-order valence-electron chi connectivity index (χ3n) is 3.61. The largest absolute Gasteiger partial charge is 0.508 e. The molecule has 0 radical (unpaired) electrons. The standard InChI is InChI=1S/C14H16N2O2/c1-16-5-4-13-12(8-16)11(7-15-13)10-3-2-9(17)6-14(10)18/h2-3,6,17-18H,4-5,7-8H2,1H3. The predicted molar refractivity (Wildman–Crippen MR) is 71.1 cm³/mol. The van der Waals surface area contributed by atoms with E-state index >= 15 is 0 Å². The summed E-state index contributed by atoms with van der Waals surface area (Å²) < 4.78 is 0. The van der Waals surface area contributed by atoms with Gasteiger partial charge in [-0.3, -0.25) is 4.99 Å². The number of hydrogen-bond acceptors (Lipinski definition) is 4. The van der Waals surface area contributed by atoms with E-state index in [-0.39, 0.29) is 11.5 Å². The first kappa shape index (κ1) is 11.3. The summed E-state index contributed by atoms with van der Waals surface area (Å²) in [5, 5.41) is 19.3. The van der Waals surface area contributed by atoms with Crippen LogP contribution in [0.5, 0.6) is 11.5 Å². The van der Waals surface area contributed by atoms with Crippen LogP contribution in [0.25, 0.3) is 5.57 Å². The number of hydrogen-bond donors (Lipinski definition) is 2. The lowest BCUT2D eigenvalue weighted by Crippen LogP contribution is -2.32. The van der Waals surface area contributed by atoms with Gasteiger partial charge >= 0.3 is 0 Å². The lowest BCUT2D eigenvalue weighted by Gasteiger charge is -2.25. The Balaban J connectivity index is 2.04. The summed E-state index contributed by atoms with van der Waals surface area (Å²) in [7, 11) is 2.09. The number of aliphatic imine (C=N–C) groups is 1. The van der Waals surface area contributed by atoms with Crippen LogP contribution in [-0.2, 0) is 0 Å². The molecule has 1 aromatic carbocycles. The molecule has 0 aromatic heterocycles. The van der Waals surface area contributed by atoms with E-state index in [9.17, 15) is 10.2 Å². The number of likely N-dealkylation sites (N-methyl/N-ethyl adjacent to an activating group) is 1. The second-order valence-corrected chi connectivity index (χ2v) is 4.91. The highest BCUT2D eigenvalue weighted by molar-refractivity contribution is 6.11. The third-order valence-corrected chi connectivity index (χ3v) is 3.61. The van der Waals surface area contributed by atoms with Crippen LogP contribution in [0.1, 0.15) is 12.0 Å². The predicted octanol–water partition coefficient (Wildman–Crippen LogP) is 1.64. The molecule has 4 heteroatoms. The molecular formula is C14H16N2O2. The van der Waals surface area contributed by atoms with Crippen molar-refractivity contribution in [2.45, 2.75) is 6.42 Å². The van der Waals surface area contributed by atoms with Crippen molar-refractivity contribution in [3.63, 3.8) is 0 Å². The van der Waals surface area contributed by atoms with Gasteiger partial charge in [-0.25, -0.2) is 0 Å². The average Bonchev–Trinajstić information content (AvgIpc) is 2.72. The van der Waals surface area contributed by atoms with E-state index in [1.54, 1.807) is 12.1 Å². The Morgan fingerprint density at radius 3 is 2.83 bits per heavy atom. The SMILES string of the molecule is CN1CCC2=NCC(c3ccc(O)cc3O)=C2C1. The molecule has 0 unspecified atom stereocenters. The highest BCUT2D eigenvalue weighted by Crippen LogP contribution is 2.35. The Bertz CT molecular complexity index is 561. The van der Waals surface area contributed by atoms with Gasteiger partial charge in [0.15, 0.2) is 0 Å². The first-order valence-corrected chi connectivity index (χ1v) is 6.12. The summed E-state index contributed by atoms with van der Waals surface area (Å²) in [6, 6.07) is 4.75. The quantitative estimate of drug-likeness (QED) is 0.789. The number of fused-ring (bicyclic) bond motifs is 1. The summed E-state index contributed by atoms with van der Waals surface area (Å²) in [4.78, 5) is 6.82. The molecule has 0 aliphatic carbocycles. The van der Waals surface area contributed by atoms with Crippen LogP contribution < -0.4 is 0 Å². The summed E-state index contributed by atoms with van der Waals surface area (Å²) in [5.74, 6) is 0.212. The molecule has 0 saturated carbocycles. The monoisotopic (exact) mass is 244 g/mol. The zero-order chi connectivity index (χ0) is 12.7. The Labute approximate surface area is 106 Å². The molecule has 1 saturated heterocycles. The van der Waals surface area contributed by atoms with Crippen molar-refractivity contribution in [3.05, 3.63) is 29.3 Å². The number of aromatic hydroxyl groups is 2. The number of phenols is 2. The molecule has 3 rings (SSSR count). The molecule has 2 heterocycles. The van der Waals surface area contributed by atoms with E-state index in [1.165, 1.54) is 17.4 Å². The zero-order valence-electron chi connectivity index (χ0n) is 10.3. The van der Waals surface area contributed by atoms with Crippen LogP contribution >= 0.6 is 0 Å². The van der Waals surface area contributed by atoms with Crippen LogP contribution in [0.4, 0.5) is 0 Å². The highest BCUT2D eigenvalue weighted by atomic mass is 16.3. The molecule has 4 nitrogen and oxygen atoms in total. The molecule has 0 atom stereocenters. The highest BCUT2D eigenvalue weighted by Gasteiger charge is 2.26. The molecule has 94 valence electrons. The Hall–Kier alpha value is -1.81. The lowest BCUT2D eigenvalue weighted by molar-refractivity contribution is 0.366. The number of benzene rings is 1. The third kappa shape index (κ3) is 1.78. The van der Waals surface area contributed by atoms with E-state index < -0.39 is 0 Å². The molecule has 0 spiro atoms. The summed E-state index contributed by atoms with van der Waals surface area (Å²) in [5.41, 5.74) is 4.30. The van der Waals surface area contributed by atoms with Gasteiger partial charge in [-0.1, -0.05) is 0 Å². The Morgan fingerprint density at radius 1 is 1.22 bits per heavy atom. The van der Waals surface area contributed by atoms with E-state index in [0.29, 0.717) is 6.54 Å². The number of nitrogens with zero attached hydrogens (tertiary/aromatic N) is 2. The molecule has 2 aliphatic rings. The van der Waals surface area contributed by atoms with Crippen molar-refractivity contribution in [2.24, 2.45) is 4.99 Å². The van der Waals surface area contributed by atoms with Crippen molar-refractivity contribution < 1.29 is 10.2 Å². The van der Waals surface area contributed by atoms with E-state index in [0.717, 1.165) is 30.6 Å². The summed E-state index contributed by atoms with van der Waals surface area (Å²) >= 11 is 0. The Kier molecular flexibility index (Phi) is 2.59. The van der Waals surface area contributed by atoms with Crippen molar-refractivity contribution in [3.8, 4) is 11.5 Å². The topological polar surface area (TPSA) is 56.1 Å². The fraction of sp³-hybridized carbons (Fsp3) is 0.357. The second-order valence-electron chi connectivity index (χ2n) is 4.91. The first-order valence-electron chi connectivity index (χ1n) is 6.12. The van der Waals surface area contributed by atoms with E-state index in [1.807, 2.05) is 0 Å². The minimum Gasteiger partial charge on any atom is -0.508 e. The molecule has 0 bridgehead atoms. The molecular weight excluding hydrogens is 228 g/mol. The number of phenolic OH excluding ortho intramolecular Hbond substituents is 2. The van der Waals surface area contributed by atoms with Gasteiger partial charge in [-0.2, -0.15) is 0 Å². The van der Waals surface area contributed by atoms with Crippen molar-refractivity contribution in [1.82, 2.24) is 4.90 Å². The number of rotatable bonds is 1. The molecule has 1 fully saturated rings. The van der Waals surface area contributed by atoms with Gasteiger partial charge in [-0.05, 0) is 30.3 Å². The van der Waals surface area contributed by atoms with Gasteiger partial charge in [0.2, 0.25) is 0 Å². The molecule has 1 aromatic rings. The van der Waals surface area contributed by atoms with Gasteiger partial charge in [0, 0.05) is 36.9 Å². The molecule has 0 amide bonds. The fourth-order valence-corrected chi connectivity index (χ4v) is 2.62. The van der Waals surface area contributed by atoms with E-state index in [2.05, 4.69) is 16.9 Å². The van der Waals surface area contributed by atoms with Crippen LogP contribution in [0, 0.1) is 0 Å². The maximum absolute atomic E-state index is 9.95. The minimum absolute atomic E-state index is 0.0850. The normalized spacial score (nSPS) is 19.9. The number of likely N-dealkylation sites (tertiary alicyclic amines) is 1. The molecule has 2 aliphatic heterocycles. The van der Waals surface area contributed by atoms with Gasteiger partial charge < -0.3 is 15.1 Å². The molecule has 2 N–H and O–H groups in total. The van der Waals surface area contributed by atoms with Crippen molar-refractivity contribution >= 4 is 11.3 Å². The van der Waals surface area contributed by atoms with Crippen molar-refractivity contribution in [1.29, 1.82) is 0 Å². The summed E-state index contributed by atoms with van der Waals surface area (Å²) in [6.45, 7) is 2.56. The van der Waals surface area contributed by atoms with Gasteiger partial charge in [-0.15, -0.1) is 0 Å². The maximum atomic E-state index is 9.95. The van der Waals surface area contributed by atoms with Gasteiger partial charge in [0.25, 0.3) is 0 Å². The Morgan fingerprint density at radius 2 is 2.06 bits per heavy atom. The second kappa shape index (κ2) is 4.14. The van der Waals surface area contributed by atoms with Crippen LogP contribution in [0.3, 0.4) is 0 Å². The van der Waals surface area contributed by atoms with Gasteiger partial charge in [0.05, 0.1) is 6.54 Å².